The van der Waals surface area contributed by atoms with E-state index in [1.807, 2.05) is 0 Å². The van der Waals surface area contributed by atoms with Crippen LogP contribution < -0.4 is 5.32 Å². The van der Waals surface area contributed by atoms with Gasteiger partial charge in [-0.2, -0.15) is 0 Å². The lowest BCUT2D eigenvalue weighted by Gasteiger charge is -2.27. The molecule has 0 aromatic rings. The van der Waals surface area contributed by atoms with Crippen LogP contribution in [-0.4, -0.2) is 50.8 Å². The molecule has 1 heterocycles. The molecular formula is C13H28N2O. The Labute approximate surface area is 101 Å². The van der Waals surface area contributed by atoms with Gasteiger partial charge >= 0.3 is 0 Å². The topological polar surface area (TPSA) is 24.5 Å². The monoisotopic (exact) mass is 228 g/mol. The maximum absolute atomic E-state index is 5.33. The number of morpholine rings is 1. The van der Waals surface area contributed by atoms with Crippen molar-refractivity contribution in [3.63, 3.8) is 0 Å². The van der Waals surface area contributed by atoms with Crippen molar-refractivity contribution in [1.82, 2.24) is 10.2 Å². The van der Waals surface area contributed by atoms with Gasteiger partial charge in [-0.3, -0.25) is 4.90 Å². The smallest absolute Gasteiger partial charge is 0.0594 e. The van der Waals surface area contributed by atoms with E-state index in [-0.39, 0.29) is 0 Å². The predicted molar refractivity (Wildman–Crippen MR) is 68.8 cm³/mol. The molecule has 3 heteroatoms. The Morgan fingerprint density at radius 3 is 2.56 bits per heavy atom. The molecule has 0 bridgehead atoms. The highest BCUT2D eigenvalue weighted by Gasteiger charge is 2.14. The van der Waals surface area contributed by atoms with Crippen molar-refractivity contribution in [2.75, 3.05) is 45.9 Å². The Kier molecular flexibility index (Phi) is 6.32. The molecule has 0 amide bonds. The van der Waals surface area contributed by atoms with Gasteiger partial charge in [-0.15, -0.1) is 0 Å². The average molecular weight is 228 g/mol. The van der Waals surface area contributed by atoms with Crippen LogP contribution in [0.2, 0.25) is 0 Å². The second-order valence-electron chi connectivity index (χ2n) is 5.50. The number of hydrogen-bond donors (Lipinski definition) is 1. The first-order valence-corrected chi connectivity index (χ1v) is 6.65. The summed E-state index contributed by atoms with van der Waals surface area (Å²) in [6, 6.07) is 0. The van der Waals surface area contributed by atoms with E-state index in [1.54, 1.807) is 0 Å². The zero-order valence-corrected chi connectivity index (χ0v) is 11.2. The van der Waals surface area contributed by atoms with E-state index in [4.69, 9.17) is 4.74 Å². The Morgan fingerprint density at radius 1 is 1.25 bits per heavy atom. The van der Waals surface area contributed by atoms with Crippen molar-refractivity contribution in [2.45, 2.75) is 33.6 Å². The maximum Gasteiger partial charge on any atom is 0.0594 e. The van der Waals surface area contributed by atoms with Crippen LogP contribution in [0, 0.1) is 5.41 Å². The quantitative estimate of drug-likeness (QED) is 0.672. The first-order chi connectivity index (χ1) is 7.64. The number of nitrogens with zero attached hydrogens (tertiary/aromatic N) is 1. The Hall–Kier alpha value is -0.120. The summed E-state index contributed by atoms with van der Waals surface area (Å²) >= 11 is 0. The van der Waals surface area contributed by atoms with Crippen LogP contribution >= 0.6 is 0 Å². The minimum atomic E-state index is 0.443. The molecule has 1 aliphatic heterocycles. The SMILES string of the molecule is CCC(C)(C)CNCCCN1CCOCC1. The van der Waals surface area contributed by atoms with Gasteiger partial charge in [0.25, 0.3) is 0 Å². The molecule has 16 heavy (non-hydrogen) atoms. The van der Waals surface area contributed by atoms with Crippen molar-refractivity contribution in [1.29, 1.82) is 0 Å². The normalized spacial score (nSPS) is 18.9. The van der Waals surface area contributed by atoms with E-state index in [9.17, 15) is 0 Å². The molecule has 0 saturated carbocycles. The maximum atomic E-state index is 5.33. The summed E-state index contributed by atoms with van der Waals surface area (Å²) < 4.78 is 5.33. The third-order valence-electron chi connectivity index (χ3n) is 3.49. The van der Waals surface area contributed by atoms with Crippen molar-refractivity contribution in [3.8, 4) is 0 Å². The molecule has 0 atom stereocenters. The number of ether oxygens (including phenoxy) is 1. The van der Waals surface area contributed by atoms with Crippen LogP contribution in [0.1, 0.15) is 33.6 Å². The lowest BCUT2D eigenvalue weighted by atomic mass is 9.90. The van der Waals surface area contributed by atoms with Gasteiger partial charge in [-0.05, 0) is 31.3 Å². The fraction of sp³-hybridized carbons (Fsp3) is 1.00. The average Bonchev–Trinajstić information content (AvgIpc) is 2.30. The number of rotatable bonds is 7. The van der Waals surface area contributed by atoms with Gasteiger partial charge in [0.15, 0.2) is 0 Å². The predicted octanol–water partition coefficient (Wildman–Crippen LogP) is 1.73. The van der Waals surface area contributed by atoms with Crippen LogP contribution in [0.3, 0.4) is 0 Å². The highest BCUT2D eigenvalue weighted by Crippen LogP contribution is 2.17. The third kappa shape index (κ3) is 5.83. The van der Waals surface area contributed by atoms with Gasteiger partial charge in [0.1, 0.15) is 0 Å². The molecule has 0 spiro atoms. The summed E-state index contributed by atoms with van der Waals surface area (Å²) in [6.45, 7) is 14.4. The summed E-state index contributed by atoms with van der Waals surface area (Å²) in [7, 11) is 0. The molecule has 1 aliphatic rings. The summed E-state index contributed by atoms with van der Waals surface area (Å²) in [4.78, 5) is 2.50. The molecule has 0 aromatic carbocycles. The summed E-state index contributed by atoms with van der Waals surface area (Å²) in [5.74, 6) is 0. The van der Waals surface area contributed by atoms with Gasteiger partial charge in [-0.1, -0.05) is 20.8 Å². The molecule has 1 fully saturated rings. The van der Waals surface area contributed by atoms with E-state index >= 15 is 0 Å². The van der Waals surface area contributed by atoms with E-state index < -0.39 is 0 Å². The van der Waals surface area contributed by atoms with Crippen LogP contribution in [0.4, 0.5) is 0 Å². The van der Waals surface area contributed by atoms with Crippen molar-refractivity contribution >= 4 is 0 Å². The van der Waals surface area contributed by atoms with Crippen molar-refractivity contribution in [2.24, 2.45) is 5.41 Å². The highest BCUT2D eigenvalue weighted by atomic mass is 16.5. The van der Waals surface area contributed by atoms with E-state index in [2.05, 4.69) is 31.0 Å². The minimum absolute atomic E-state index is 0.443. The van der Waals surface area contributed by atoms with Crippen LogP contribution in [0.5, 0.6) is 0 Å². The molecule has 1 saturated heterocycles. The van der Waals surface area contributed by atoms with Gasteiger partial charge in [0.2, 0.25) is 0 Å². The molecule has 0 unspecified atom stereocenters. The standard InChI is InChI=1S/C13H28N2O/c1-4-13(2,3)12-14-6-5-7-15-8-10-16-11-9-15/h14H,4-12H2,1-3H3. The fourth-order valence-corrected chi connectivity index (χ4v) is 1.80. The van der Waals surface area contributed by atoms with Gasteiger partial charge in [0.05, 0.1) is 13.2 Å². The lowest BCUT2D eigenvalue weighted by molar-refractivity contribution is 0.0374. The van der Waals surface area contributed by atoms with Crippen LogP contribution in [0.25, 0.3) is 0 Å². The van der Waals surface area contributed by atoms with E-state index in [0.29, 0.717) is 5.41 Å². The molecule has 1 rings (SSSR count). The molecule has 3 nitrogen and oxygen atoms in total. The van der Waals surface area contributed by atoms with E-state index in [1.165, 1.54) is 19.4 Å². The summed E-state index contributed by atoms with van der Waals surface area (Å²) in [5, 5.41) is 3.56. The van der Waals surface area contributed by atoms with E-state index in [0.717, 1.165) is 39.4 Å². The molecule has 96 valence electrons. The second-order valence-corrected chi connectivity index (χ2v) is 5.50. The summed E-state index contributed by atoms with van der Waals surface area (Å²) in [6.07, 6.45) is 2.49. The van der Waals surface area contributed by atoms with Crippen molar-refractivity contribution in [3.05, 3.63) is 0 Å². The van der Waals surface area contributed by atoms with Crippen LogP contribution in [0.15, 0.2) is 0 Å². The fourth-order valence-electron chi connectivity index (χ4n) is 1.80. The van der Waals surface area contributed by atoms with Crippen LogP contribution in [-0.2, 0) is 4.74 Å². The minimum Gasteiger partial charge on any atom is -0.379 e. The third-order valence-corrected chi connectivity index (χ3v) is 3.49. The number of nitrogens with one attached hydrogen (secondary N) is 1. The largest absolute Gasteiger partial charge is 0.379 e. The molecule has 0 aromatic heterocycles. The molecule has 0 aliphatic carbocycles. The molecule has 1 N–H and O–H groups in total. The zero-order valence-electron chi connectivity index (χ0n) is 11.2. The second kappa shape index (κ2) is 7.25. The summed E-state index contributed by atoms with van der Waals surface area (Å²) in [5.41, 5.74) is 0.443. The first kappa shape index (κ1) is 13.9. The van der Waals surface area contributed by atoms with Gasteiger partial charge in [0, 0.05) is 19.6 Å². The Morgan fingerprint density at radius 2 is 1.94 bits per heavy atom. The first-order valence-electron chi connectivity index (χ1n) is 6.65. The molecular weight excluding hydrogens is 200 g/mol. The van der Waals surface area contributed by atoms with Gasteiger partial charge < -0.3 is 10.1 Å². The lowest BCUT2D eigenvalue weighted by Crippen LogP contribution is -2.38. The Balaban J connectivity index is 1.95. The van der Waals surface area contributed by atoms with Crippen molar-refractivity contribution < 1.29 is 4.74 Å². The zero-order chi connectivity index (χ0) is 11.9. The number of hydrogen-bond acceptors (Lipinski definition) is 3. The molecule has 0 radical (unpaired) electrons. The Bertz CT molecular complexity index is 177. The highest BCUT2D eigenvalue weighted by molar-refractivity contribution is 4.69. The van der Waals surface area contributed by atoms with Gasteiger partial charge in [-0.25, -0.2) is 0 Å².